The summed E-state index contributed by atoms with van der Waals surface area (Å²) in [5.41, 5.74) is 7.50. The van der Waals surface area contributed by atoms with Crippen molar-refractivity contribution in [3.8, 4) is 0 Å². The Morgan fingerprint density at radius 1 is 1.17 bits per heavy atom. The molecule has 5 nitrogen and oxygen atoms in total. The van der Waals surface area contributed by atoms with Crippen LogP contribution in [0.3, 0.4) is 0 Å². The molecule has 1 aromatic carbocycles. The molecule has 0 radical (unpaired) electrons. The number of benzene rings is 1. The lowest BCUT2D eigenvalue weighted by atomic mass is 10.0. The van der Waals surface area contributed by atoms with Gasteiger partial charge in [-0.25, -0.2) is 0 Å². The van der Waals surface area contributed by atoms with Crippen LogP contribution in [0.5, 0.6) is 0 Å². The molecule has 0 saturated carbocycles. The van der Waals surface area contributed by atoms with Gasteiger partial charge in [-0.2, -0.15) is 0 Å². The molecular formula is C13H19N3O2. The fourth-order valence-corrected chi connectivity index (χ4v) is 1.61. The number of nitrogens with one attached hydrogen (secondary N) is 2. The van der Waals surface area contributed by atoms with Gasteiger partial charge < -0.3 is 16.4 Å². The van der Waals surface area contributed by atoms with Crippen molar-refractivity contribution in [3.05, 3.63) is 35.4 Å². The molecule has 5 heteroatoms. The summed E-state index contributed by atoms with van der Waals surface area (Å²) in [5, 5.41) is 5.21. The molecule has 0 spiro atoms. The van der Waals surface area contributed by atoms with Crippen molar-refractivity contribution < 1.29 is 9.59 Å². The van der Waals surface area contributed by atoms with Crippen LogP contribution in [-0.4, -0.2) is 25.4 Å². The standard InChI is InChI=1S/C13H19N3O2/c1-15-12(17)6-7-16-13(18)8-10-4-2-3-5-11(10)9-14/h2-5H,6-9,14H2,1H3,(H,15,17)(H,16,18). The Morgan fingerprint density at radius 2 is 1.83 bits per heavy atom. The maximum atomic E-state index is 11.7. The SMILES string of the molecule is CNC(=O)CCNC(=O)Cc1ccccc1CN. The highest BCUT2D eigenvalue weighted by atomic mass is 16.2. The van der Waals surface area contributed by atoms with E-state index in [0.29, 0.717) is 25.9 Å². The van der Waals surface area contributed by atoms with Gasteiger partial charge in [-0.3, -0.25) is 9.59 Å². The first-order valence-electron chi connectivity index (χ1n) is 5.91. The molecule has 0 heterocycles. The number of carbonyl (C=O) groups is 2. The summed E-state index contributed by atoms with van der Waals surface area (Å²) in [5.74, 6) is -0.183. The molecule has 0 saturated heterocycles. The molecule has 0 unspecified atom stereocenters. The van der Waals surface area contributed by atoms with Gasteiger partial charge in [0.25, 0.3) is 0 Å². The molecule has 0 bridgehead atoms. The van der Waals surface area contributed by atoms with E-state index in [1.54, 1.807) is 7.05 Å². The van der Waals surface area contributed by atoms with E-state index in [0.717, 1.165) is 11.1 Å². The fourth-order valence-electron chi connectivity index (χ4n) is 1.61. The van der Waals surface area contributed by atoms with E-state index >= 15 is 0 Å². The molecule has 0 aliphatic carbocycles. The van der Waals surface area contributed by atoms with E-state index < -0.39 is 0 Å². The minimum Gasteiger partial charge on any atom is -0.359 e. The fraction of sp³-hybridized carbons (Fsp3) is 0.385. The highest BCUT2D eigenvalue weighted by Gasteiger charge is 2.07. The minimum atomic E-state index is -0.0974. The smallest absolute Gasteiger partial charge is 0.224 e. The molecule has 0 aliphatic rings. The molecular weight excluding hydrogens is 230 g/mol. The third-order valence-corrected chi connectivity index (χ3v) is 2.64. The van der Waals surface area contributed by atoms with Crippen LogP contribution in [0.4, 0.5) is 0 Å². The summed E-state index contributed by atoms with van der Waals surface area (Å²) in [6.45, 7) is 0.769. The summed E-state index contributed by atoms with van der Waals surface area (Å²) in [6.07, 6.45) is 0.585. The van der Waals surface area contributed by atoms with E-state index in [4.69, 9.17) is 5.73 Å². The quantitative estimate of drug-likeness (QED) is 0.660. The average molecular weight is 249 g/mol. The van der Waals surface area contributed by atoms with E-state index in [1.165, 1.54) is 0 Å². The third kappa shape index (κ3) is 4.55. The van der Waals surface area contributed by atoms with Crippen LogP contribution in [0.2, 0.25) is 0 Å². The predicted molar refractivity (Wildman–Crippen MR) is 69.7 cm³/mol. The summed E-state index contributed by atoms with van der Waals surface area (Å²) in [4.78, 5) is 22.6. The normalized spacial score (nSPS) is 9.89. The molecule has 4 N–H and O–H groups in total. The van der Waals surface area contributed by atoms with Gasteiger partial charge in [0.2, 0.25) is 11.8 Å². The van der Waals surface area contributed by atoms with Crippen molar-refractivity contribution in [1.29, 1.82) is 0 Å². The molecule has 0 fully saturated rings. The third-order valence-electron chi connectivity index (χ3n) is 2.64. The molecule has 18 heavy (non-hydrogen) atoms. The highest BCUT2D eigenvalue weighted by molar-refractivity contribution is 5.80. The van der Waals surface area contributed by atoms with Gasteiger partial charge in [0, 0.05) is 26.6 Å². The molecule has 0 aromatic heterocycles. The number of hydrogen-bond acceptors (Lipinski definition) is 3. The van der Waals surface area contributed by atoms with Gasteiger partial charge in [-0.1, -0.05) is 24.3 Å². The van der Waals surface area contributed by atoms with Crippen molar-refractivity contribution in [2.24, 2.45) is 5.73 Å². The second kappa shape index (κ2) is 7.45. The number of nitrogens with two attached hydrogens (primary N) is 1. The van der Waals surface area contributed by atoms with Crippen LogP contribution in [0, 0.1) is 0 Å². The Labute approximate surface area is 107 Å². The first-order valence-corrected chi connectivity index (χ1v) is 5.91. The van der Waals surface area contributed by atoms with Crippen molar-refractivity contribution in [1.82, 2.24) is 10.6 Å². The number of rotatable bonds is 6. The molecule has 1 aromatic rings. The van der Waals surface area contributed by atoms with Gasteiger partial charge in [-0.15, -0.1) is 0 Å². The van der Waals surface area contributed by atoms with Crippen LogP contribution in [0.15, 0.2) is 24.3 Å². The molecule has 0 atom stereocenters. The maximum absolute atomic E-state index is 11.7. The summed E-state index contributed by atoms with van der Waals surface area (Å²) < 4.78 is 0. The van der Waals surface area contributed by atoms with Crippen LogP contribution >= 0.6 is 0 Å². The van der Waals surface area contributed by atoms with E-state index in [-0.39, 0.29) is 11.8 Å². The topological polar surface area (TPSA) is 84.2 Å². The van der Waals surface area contributed by atoms with E-state index in [2.05, 4.69) is 10.6 Å². The Hall–Kier alpha value is -1.88. The lowest BCUT2D eigenvalue weighted by Crippen LogP contribution is -2.30. The summed E-state index contributed by atoms with van der Waals surface area (Å²) >= 11 is 0. The Balaban J connectivity index is 2.42. The zero-order valence-electron chi connectivity index (χ0n) is 10.5. The first kappa shape index (κ1) is 14.2. The van der Waals surface area contributed by atoms with Gasteiger partial charge in [0.05, 0.1) is 6.42 Å². The summed E-state index contributed by atoms with van der Waals surface area (Å²) in [6, 6.07) is 7.58. The second-order valence-corrected chi connectivity index (χ2v) is 3.92. The first-order chi connectivity index (χ1) is 8.67. The lowest BCUT2D eigenvalue weighted by molar-refractivity contribution is -0.121. The van der Waals surface area contributed by atoms with Gasteiger partial charge in [-0.05, 0) is 11.1 Å². The van der Waals surface area contributed by atoms with E-state index in [1.807, 2.05) is 24.3 Å². The van der Waals surface area contributed by atoms with Gasteiger partial charge in [0.15, 0.2) is 0 Å². The Kier molecular flexibility index (Phi) is 5.87. The van der Waals surface area contributed by atoms with Crippen molar-refractivity contribution >= 4 is 11.8 Å². The van der Waals surface area contributed by atoms with Crippen molar-refractivity contribution in [2.45, 2.75) is 19.4 Å². The monoisotopic (exact) mass is 249 g/mol. The molecule has 98 valence electrons. The van der Waals surface area contributed by atoms with Crippen molar-refractivity contribution in [2.75, 3.05) is 13.6 Å². The highest BCUT2D eigenvalue weighted by Crippen LogP contribution is 2.08. The largest absolute Gasteiger partial charge is 0.359 e. The number of hydrogen-bond donors (Lipinski definition) is 3. The average Bonchev–Trinajstić information content (AvgIpc) is 2.39. The van der Waals surface area contributed by atoms with Crippen LogP contribution in [0.25, 0.3) is 0 Å². The predicted octanol–water partition coefficient (Wildman–Crippen LogP) is -0.0599. The number of carbonyl (C=O) groups excluding carboxylic acids is 2. The van der Waals surface area contributed by atoms with Crippen LogP contribution in [-0.2, 0) is 22.6 Å². The molecule has 1 rings (SSSR count). The maximum Gasteiger partial charge on any atom is 0.224 e. The Morgan fingerprint density at radius 3 is 2.44 bits per heavy atom. The summed E-state index contributed by atoms with van der Waals surface area (Å²) in [7, 11) is 1.57. The zero-order chi connectivity index (χ0) is 13.4. The van der Waals surface area contributed by atoms with Crippen molar-refractivity contribution in [3.63, 3.8) is 0 Å². The van der Waals surface area contributed by atoms with Gasteiger partial charge >= 0.3 is 0 Å². The Bertz CT molecular complexity index is 418. The van der Waals surface area contributed by atoms with Gasteiger partial charge in [0.1, 0.15) is 0 Å². The second-order valence-electron chi connectivity index (χ2n) is 3.92. The number of amides is 2. The minimum absolute atomic E-state index is 0.0855. The molecule has 2 amide bonds. The van der Waals surface area contributed by atoms with Crippen LogP contribution < -0.4 is 16.4 Å². The zero-order valence-corrected chi connectivity index (χ0v) is 10.5. The molecule has 0 aliphatic heterocycles. The lowest BCUT2D eigenvalue weighted by Gasteiger charge is -2.08. The van der Waals surface area contributed by atoms with Crippen LogP contribution in [0.1, 0.15) is 17.5 Å². The van der Waals surface area contributed by atoms with E-state index in [9.17, 15) is 9.59 Å².